The molecule has 2 heteroatoms. The van der Waals surface area contributed by atoms with Gasteiger partial charge in [0.25, 0.3) is 0 Å². The van der Waals surface area contributed by atoms with Crippen molar-refractivity contribution in [1.82, 2.24) is 0 Å². The maximum Gasteiger partial charge on any atom is 0.0588 e. The number of rotatable bonds is 6. The van der Waals surface area contributed by atoms with Gasteiger partial charge in [-0.1, -0.05) is 51.0 Å². The van der Waals surface area contributed by atoms with Gasteiger partial charge in [0.1, 0.15) is 0 Å². The predicted molar refractivity (Wildman–Crippen MR) is 75.8 cm³/mol. The number of aryl methyl sites for hydroxylation is 1. The van der Waals surface area contributed by atoms with E-state index in [0.717, 1.165) is 32.6 Å². The van der Waals surface area contributed by atoms with Gasteiger partial charge in [0.05, 0.1) is 13.2 Å². The molecule has 0 radical (unpaired) electrons. The molecule has 2 rings (SSSR count). The summed E-state index contributed by atoms with van der Waals surface area (Å²) in [5.74, 6) is 0.531. The van der Waals surface area contributed by atoms with Crippen LogP contribution in [0.3, 0.4) is 0 Å². The monoisotopic (exact) mass is 247 g/mol. The average Bonchev–Trinajstić information content (AvgIpc) is 2.35. The minimum atomic E-state index is 0.175. The molecule has 0 aromatic heterocycles. The number of benzene rings is 1. The summed E-state index contributed by atoms with van der Waals surface area (Å²) in [6, 6.07) is 9.10. The molecule has 2 N–H and O–H groups in total. The lowest BCUT2D eigenvalue weighted by Gasteiger charge is -2.47. The molecule has 0 aliphatic carbocycles. The van der Waals surface area contributed by atoms with Crippen molar-refractivity contribution in [2.45, 2.75) is 38.5 Å². The SMILES string of the molecule is CCCc1ccc(C2(C(CC)CN)COC2)cc1. The molecule has 1 saturated heterocycles. The van der Waals surface area contributed by atoms with Gasteiger partial charge in [-0.25, -0.2) is 0 Å². The van der Waals surface area contributed by atoms with Crippen molar-refractivity contribution in [3.05, 3.63) is 35.4 Å². The van der Waals surface area contributed by atoms with Crippen LogP contribution in [0, 0.1) is 5.92 Å². The maximum atomic E-state index is 5.94. The summed E-state index contributed by atoms with van der Waals surface area (Å²) in [6.45, 7) is 6.85. The molecule has 1 aromatic carbocycles. The molecule has 1 atom stereocenters. The van der Waals surface area contributed by atoms with Gasteiger partial charge in [-0.05, 0) is 30.0 Å². The molecule has 1 fully saturated rings. The lowest BCUT2D eigenvalue weighted by molar-refractivity contribution is -0.0898. The summed E-state index contributed by atoms with van der Waals surface area (Å²) in [6.07, 6.45) is 3.49. The van der Waals surface area contributed by atoms with Gasteiger partial charge in [0.15, 0.2) is 0 Å². The summed E-state index contributed by atoms with van der Waals surface area (Å²) in [5, 5.41) is 0. The van der Waals surface area contributed by atoms with E-state index in [-0.39, 0.29) is 5.41 Å². The molecule has 2 nitrogen and oxygen atoms in total. The molecule has 18 heavy (non-hydrogen) atoms. The molecule has 0 bridgehead atoms. The Labute approximate surface area is 111 Å². The standard InChI is InChI=1S/C16H25NO/c1-3-5-13-6-8-15(9-7-13)16(11-18-12-16)14(4-2)10-17/h6-9,14H,3-5,10-12,17H2,1-2H3. The second kappa shape index (κ2) is 5.85. The van der Waals surface area contributed by atoms with Crippen LogP contribution in [0.25, 0.3) is 0 Å². The van der Waals surface area contributed by atoms with E-state index in [2.05, 4.69) is 38.1 Å². The van der Waals surface area contributed by atoms with E-state index >= 15 is 0 Å². The lowest BCUT2D eigenvalue weighted by atomic mass is 9.67. The highest BCUT2D eigenvalue weighted by Gasteiger charge is 2.45. The molecule has 1 aromatic rings. The van der Waals surface area contributed by atoms with E-state index in [1.807, 2.05) is 0 Å². The van der Waals surface area contributed by atoms with Crippen molar-refractivity contribution in [1.29, 1.82) is 0 Å². The molecule has 1 unspecified atom stereocenters. The highest BCUT2D eigenvalue weighted by molar-refractivity contribution is 5.32. The van der Waals surface area contributed by atoms with E-state index in [1.165, 1.54) is 17.5 Å². The van der Waals surface area contributed by atoms with Crippen LogP contribution >= 0.6 is 0 Å². The first-order chi connectivity index (χ1) is 8.76. The number of nitrogens with two attached hydrogens (primary N) is 1. The Bertz CT molecular complexity index is 363. The molecule has 0 saturated carbocycles. The van der Waals surface area contributed by atoms with Gasteiger partial charge < -0.3 is 10.5 Å². The second-order valence-corrected chi connectivity index (χ2v) is 5.44. The lowest BCUT2D eigenvalue weighted by Crippen LogP contribution is -2.54. The maximum absolute atomic E-state index is 5.94. The largest absolute Gasteiger partial charge is 0.379 e. The Balaban J connectivity index is 2.22. The third-order valence-corrected chi connectivity index (χ3v) is 4.35. The van der Waals surface area contributed by atoms with Crippen LogP contribution in [-0.4, -0.2) is 19.8 Å². The van der Waals surface area contributed by atoms with Crippen LogP contribution in [0.1, 0.15) is 37.8 Å². The van der Waals surface area contributed by atoms with Gasteiger partial charge in [-0.2, -0.15) is 0 Å². The van der Waals surface area contributed by atoms with Crippen LogP contribution in [-0.2, 0) is 16.6 Å². The predicted octanol–water partition coefficient (Wildman–Crippen LogP) is 2.89. The Hall–Kier alpha value is -0.860. The van der Waals surface area contributed by atoms with E-state index < -0.39 is 0 Å². The fraction of sp³-hybridized carbons (Fsp3) is 0.625. The van der Waals surface area contributed by atoms with Crippen LogP contribution in [0.15, 0.2) is 24.3 Å². The molecule has 0 spiro atoms. The zero-order valence-electron chi connectivity index (χ0n) is 11.6. The third kappa shape index (κ3) is 2.32. The zero-order valence-corrected chi connectivity index (χ0v) is 11.6. The van der Waals surface area contributed by atoms with Crippen molar-refractivity contribution < 1.29 is 4.74 Å². The first kappa shape index (κ1) is 13.6. The molecule has 1 aliphatic rings. The molecular weight excluding hydrogens is 222 g/mol. The van der Waals surface area contributed by atoms with Crippen LogP contribution in [0.5, 0.6) is 0 Å². The fourth-order valence-electron chi connectivity index (χ4n) is 3.04. The summed E-state index contributed by atoms with van der Waals surface area (Å²) in [7, 11) is 0. The quantitative estimate of drug-likeness (QED) is 0.839. The molecule has 1 heterocycles. The topological polar surface area (TPSA) is 35.2 Å². The van der Waals surface area contributed by atoms with Crippen molar-refractivity contribution in [3.63, 3.8) is 0 Å². The Morgan fingerprint density at radius 1 is 1.22 bits per heavy atom. The number of ether oxygens (including phenoxy) is 1. The van der Waals surface area contributed by atoms with E-state index in [4.69, 9.17) is 10.5 Å². The van der Waals surface area contributed by atoms with Crippen LogP contribution in [0.2, 0.25) is 0 Å². The molecule has 0 amide bonds. The summed E-state index contributed by atoms with van der Waals surface area (Å²) < 4.78 is 5.50. The number of hydrogen-bond donors (Lipinski definition) is 1. The smallest absolute Gasteiger partial charge is 0.0588 e. The van der Waals surface area contributed by atoms with E-state index in [0.29, 0.717) is 5.92 Å². The van der Waals surface area contributed by atoms with Crippen LogP contribution in [0.4, 0.5) is 0 Å². The van der Waals surface area contributed by atoms with Crippen molar-refractivity contribution in [2.75, 3.05) is 19.8 Å². The van der Waals surface area contributed by atoms with Gasteiger partial charge in [-0.3, -0.25) is 0 Å². The van der Waals surface area contributed by atoms with Crippen molar-refractivity contribution in [3.8, 4) is 0 Å². The van der Waals surface area contributed by atoms with Crippen molar-refractivity contribution >= 4 is 0 Å². The first-order valence-corrected chi connectivity index (χ1v) is 7.14. The van der Waals surface area contributed by atoms with Crippen molar-refractivity contribution in [2.24, 2.45) is 11.7 Å². The highest BCUT2D eigenvalue weighted by atomic mass is 16.5. The Kier molecular flexibility index (Phi) is 4.41. The van der Waals surface area contributed by atoms with Crippen LogP contribution < -0.4 is 5.73 Å². The average molecular weight is 247 g/mol. The summed E-state index contributed by atoms with van der Waals surface area (Å²) >= 11 is 0. The third-order valence-electron chi connectivity index (χ3n) is 4.35. The fourth-order valence-corrected chi connectivity index (χ4v) is 3.04. The summed E-state index contributed by atoms with van der Waals surface area (Å²) in [5.41, 5.74) is 8.95. The first-order valence-electron chi connectivity index (χ1n) is 7.14. The summed E-state index contributed by atoms with van der Waals surface area (Å²) in [4.78, 5) is 0. The second-order valence-electron chi connectivity index (χ2n) is 5.44. The number of hydrogen-bond acceptors (Lipinski definition) is 2. The van der Waals surface area contributed by atoms with Gasteiger partial charge in [0.2, 0.25) is 0 Å². The minimum Gasteiger partial charge on any atom is -0.379 e. The molecule has 100 valence electrons. The van der Waals surface area contributed by atoms with Gasteiger partial charge in [-0.15, -0.1) is 0 Å². The molecular formula is C16H25NO. The Morgan fingerprint density at radius 3 is 2.28 bits per heavy atom. The minimum absolute atomic E-state index is 0.175. The molecule has 1 aliphatic heterocycles. The van der Waals surface area contributed by atoms with E-state index in [1.54, 1.807) is 0 Å². The van der Waals surface area contributed by atoms with Gasteiger partial charge >= 0.3 is 0 Å². The Morgan fingerprint density at radius 2 is 1.89 bits per heavy atom. The normalized spacial score (nSPS) is 19.3. The zero-order chi connectivity index (χ0) is 13.0. The highest BCUT2D eigenvalue weighted by Crippen LogP contribution is 2.40. The van der Waals surface area contributed by atoms with Gasteiger partial charge in [0, 0.05) is 5.41 Å². The van der Waals surface area contributed by atoms with E-state index in [9.17, 15) is 0 Å².